The van der Waals surface area contributed by atoms with Crippen LogP contribution in [0.1, 0.15) is 318 Å². The Morgan fingerprint density at radius 1 is 0.461 bits per heavy atom. The topological polar surface area (TPSA) is 360 Å². The number of nitrogens with one attached hydrogen (secondary N) is 2. The van der Waals surface area contributed by atoms with Gasteiger partial charge >= 0.3 is 93.2 Å². The summed E-state index contributed by atoms with van der Waals surface area (Å²) in [5.41, 5.74) is -2.94. The van der Waals surface area contributed by atoms with Gasteiger partial charge in [0.1, 0.15) is 12.2 Å². The smallest absolute Gasteiger partial charge is 0.550 e. The predicted molar refractivity (Wildman–Crippen MR) is 455 cm³/mol. The number of ether oxygens (including phenoxy) is 4. The molecular formula is C88H142IKN2O21S2. The molecule has 23 nitrogen and oxygen atoms in total. The molecule has 4 bridgehead atoms. The van der Waals surface area contributed by atoms with E-state index >= 15 is 0 Å². The first kappa shape index (κ1) is 108. The maximum atomic E-state index is 12.1. The summed E-state index contributed by atoms with van der Waals surface area (Å²) in [5.74, 6) is -3.30. The minimum absolute atomic E-state index is 0. The van der Waals surface area contributed by atoms with Gasteiger partial charge in [-0.2, -0.15) is 0 Å². The molecule has 4 aliphatic heterocycles. The predicted octanol–water partition coefficient (Wildman–Crippen LogP) is 14.5. The monoisotopic (exact) mass is 1790 g/mol. The fourth-order valence-corrected chi connectivity index (χ4v) is 17.9. The first-order chi connectivity index (χ1) is 54.5. The number of aliphatic carboxylic acids is 4. The van der Waals surface area contributed by atoms with Gasteiger partial charge in [0.15, 0.2) is 6.79 Å². The standard InChI is InChI=1S/C12H22N2O4S2.C12H20O3.C11H17IO2.2C11H18O3.C11H16O2.C11H18O2.C9H14O2.K/c1-2-12(11(15)18-14-20)7-4-3-5-10(6-8-12)16-9-17-13-19;1-3-12(11(14)15-2)8-5-4-6-10(13)7-9-12;1-2-11-6-3-4-8(12)9(5-7-11)14-10(11)13;2*1-2-11(10(13)14)7-4-3-5-9(12)6-8-11;1-2-11-7-4-3-5-9(6-8-11)13-10(11)12;1-2-11(10(12)13)8-6-4-3-5-7-9-11;10-9(11)8-6-4-2-1-3-5-7-8;/h3,5,10,13-14,19-20H,2,4,6-9H2,1H3;4,6,10,13H,3,5,7-9H2,1-2H3;8-9H,2-7H2,1H3;2*3,5,9,12H,2,4,6-8H2,1H3,(H,13,14);3,5,9H,2,4,6-8H2,1H3;3-4H,2,5-9H2,1H3,(H,12,13);1-2,8H,3-7H2,(H,10,11);/q;;;;;;;;+1/p-1/b5-3+;6-4+;;5-3+;5-3-;5-3+;4-3-;2-1-;/t2*10-,12?;;9-,11?;9-,11-;;;;/m11.11..../s1. The zero-order chi connectivity index (χ0) is 84.7. The zero-order valence-corrected chi connectivity index (χ0v) is 77.8. The van der Waals surface area contributed by atoms with Crippen molar-refractivity contribution >= 4 is 96.0 Å². The van der Waals surface area contributed by atoms with Crippen molar-refractivity contribution in [2.24, 2.45) is 43.8 Å². The number of carbonyl (C=O) groups excluding carboxylic acids is 5. The average Bonchev–Trinajstić information content (AvgIpc) is 0.796. The molecule has 650 valence electrons. The van der Waals surface area contributed by atoms with Crippen molar-refractivity contribution in [2.75, 3.05) is 13.9 Å². The van der Waals surface area contributed by atoms with Gasteiger partial charge in [0.2, 0.25) is 0 Å². The van der Waals surface area contributed by atoms with Crippen LogP contribution in [-0.4, -0.2) is 133 Å². The molecular weight excluding hydrogens is 1650 g/mol. The minimum atomic E-state index is -0.970. The third-order valence-electron chi connectivity index (χ3n) is 25.9. The van der Waals surface area contributed by atoms with Gasteiger partial charge in [-0.15, -0.1) is 4.89 Å². The zero-order valence-electron chi connectivity index (χ0n) is 70.7. The van der Waals surface area contributed by atoms with Gasteiger partial charge in [-0.25, -0.2) is 4.79 Å². The van der Waals surface area contributed by atoms with Crippen molar-refractivity contribution in [1.82, 2.24) is 9.77 Å². The first-order valence-corrected chi connectivity index (χ1v) is 44.6. The van der Waals surface area contributed by atoms with Gasteiger partial charge < -0.3 is 64.3 Å². The molecule has 4 heterocycles. The number of halogens is 1. The molecule has 0 aromatic heterocycles. The Bertz CT molecular complexity index is 3060. The average molecular weight is 1790 g/mol. The fraction of sp³-hybridized carbons (Fsp3) is 0.750. The van der Waals surface area contributed by atoms with Crippen LogP contribution in [0.5, 0.6) is 0 Å². The summed E-state index contributed by atoms with van der Waals surface area (Å²) in [4.78, 5) is 106. The number of aliphatic hydroxyl groups excluding tert-OH is 3. The van der Waals surface area contributed by atoms with Gasteiger partial charge in [-0.3, -0.25) is 33.6 Å². The second kappa shape index (κ2) is 57.9. The number of alkyl halides is 1. The molecule has 27 heteroatoms. The Hall–Kier alpha value is -3.27. The second-order valence-corrected chi connectivity index (χ2v) is 34.3. The molecule has 3 saturated heterocycles. The number of carboxylic acids is 4. The summed E-state index contributed by atoms with van der Waals surface area (Å²) < 4.78 is 21.8. The third-order valence-corrected chi connectivity index (χ3v) is 27.5. The van der Waals surface area contributed by atoms with Gasteiger partial charge in [-0.05, 0) is 269 Å². The van der Waals surface area contributed by atoms with Crippen molar-refractivity contribution in [1.29, 1.82) is 0 Å². The molecule has 0 amide bonds. The first-order valence-electron chi connectivity index (χ1n) is 42.5. The van der Waals surface area contributed by atoms with Crippen molar-refractivity contribution in [3.8, 4) is 0 Å². The number of carboxylic acid groups (broad SMARTS) is 4. The van der Waals surface area contributed by atoms with E-state index in [0.717, 1.165) is 180 Å². The summed E-state index contributed by atoms with van der Waals surface area (Å²) in [6, 6.07) is 0. The number of thiol groups is 2. The van der Waals surface area contributed by atoms with E-state index in [-0.39, 0.29) is 123 Å². The molecule has 0 aromatic rings. The van der Waals surface area contributed by atoms with Crippen molar-refractivity contribution in [3.63, 3.8) is 0 Å². The molecule has 8 N–H and O–H groups in total. The SMILES string of the molecule is CCC1(C(=O)O)CC/C=C\CCC1.CCC1(C(=O)OC)CC/C=C/[C@@H](O)CC1.CCC1(C(=O)ONS)CC/C=C/[C@@H](OCONS)CC1.CCC1(C(=O)[O-])CC/C=C/[C@@H](O)CC1.CCC12CC/C=C/C(CC1)OC2=O.CCC12CCCC(I)C(CC1)OC2=O.CC[C@@]1(C(=O)O)CC/C=C\[C@@H](O)CC1.O=C(O)C1CC/C=C\CCC1.[K+]. The molecule has 0 spiro atoms. The molecule has 0 aromatic carbocycles. The van der Waals surface area contributed by atoms with Crippen molar-refractivity contribution in [2.45, 2.75) is 359 Å². The maximum absolute atomic E-state index is 12.1. The molecule has 115 heavy (non-hydrogen) atoms. The van der Waals surface area contributed by atoms with Crippen LogP contribution in [0.15, 0.2) is 85.1 Å². The number of hydrogen-bond donors (Lipinski definition) is 10. The Balaban J connectivity index is 0.000000447. The molecule has 1 saturated carbocycles. The third kappa shape index (κ3) is 36.0. The Kier molecular flexibility index (Phi) is 54.3. The van der Waals surface area contributed by atoms with Crippen LogP contribution in [0.4, 0.5) is 0 Å². The van der Waals surface area contributed by atoms with E-state index in [2.05, 4.69) is 102 Å². The normalized spacial score (nSPS) is 34.2. The maximum Gasteiger partial charge on any atom is 1.00 e. The molecule has 8 aliphatic carbocycles. The van der Waals surface area contributed by atoms with Gasteiger partial charge in [0.05, 0.1) is 69.9 Å². The quantitative estimate of drug-likeness (QED) is 0.00582. The number of carbonyl (C=O) groups is 8. The summed E-state index contributed by atoms with van der Waals surface area (Å²) >= 11 is 9.86. The number of rotatable bonds is 18. The van der Waals surface area contributed by atoms with Crippen LogP contribution in [0.2, 0.25) is 0 Å². The van der Waals surface area contributed by atoms with E-state index in [4.69, 9.17) is 33.7 Å². The number of allylic oxidation sites excluding steroid dienone is 9. The van der Waals surface area contributed by atoms with E-state index in [9.17, 15) is 69.0 Å². The molecule has 12 rings (SSSR count). The van der Waals surface area contributed by atoms with Crippen LogP contribution in [0.25, 0.3) is 0 Å². The number of fused-ring (bicyclic) bond motifs is 9. The molecule has 4 fully saturated rings. The van der Waals surface area contributed by atoms with Crippen LogP contribution in [0, 0.1) is 43.8 Å². The second-order valence-electron chi connectivity index (χ2n) is 32.3. The minimum Gasteiger partial charge on any atom is -0.550 e. The van der Waals surface area contributed by atoms with E-state index < -0.39 is 63.8 Å². The van der Waals surface area contributed by atoms with E-state index in [1.165, 1.54) is 20.0 Å². The molecule has 10 unspecified atom stereocenters. The van der Waals surface area contributed by atoms with Gasteiger partial charge in [0, 0.05) is 15.3 Å². The molecule has 12 aliphatic rings. The summed E-state index contributed by atoms with van der Waals surface area (Å²) in [7, 11) is 1.44. The fourth-order valence-electron chi connectivity index (χ4n) is 16.9. The van der Waals surface area contributed by atoms with Crippen LogP contribution in [0.3, 0.4) is 0 Å². The summed E-state index contributed by atoms with van der Waals surface area (Å²) in [6.45, 7) is 14.1. The Morgan fingerprint density at radius 3 is 1.41 bits per heavy atom. The van der Waals surface area contributed by atoms with Crippen molar-refractivity contribution < 1.29 is 154 Å². The van der Waals surface area contributed by atoms with Crippen LogP contribution >= 0.6 is 48.2 Å². The van der Waals surface area contributed by atoms with Crippen LogP contribution < -0.4 is 66.3 Å². The molecule has 0 radical (unpaired) electrons. The Morgan fingerprint density at radius 2 is 0.904 bits per heavy atom. The number of aliphatic hydroxyl groups is 3. The molecule has 15 atom stereocenters. The number of hydrogen-bond acceptors (Lipinski definition) is 22. The van der Waals surface area contributed by atoms with Crippen molar-refractivity contribution in [3.05, 3.63) is 85.1 Å². The van der Waals surface area contributed by atoms with E-state index in [1.807, 2.05) is 77.2 Å². The van der Waals surface area contributed by atoms with E-state index in [0.29, 0.717) is 81.0 Å². The summed E-state index contributed by atoms with van der Waals surface area (Å²) in [5, 5.41) is 66.6. The largest absolute Gasteiger partial charge is 1.00 e. The Labute approximate surface area is 754 Å². The van der Waals surface area contributed by atoms with Crippen LogP contribution in [-0.2, 0) is 67.0 Å². The number of esters is 3. The number of methoxy groups -OCH3 is 1. The van der Waals surface area contributed by atoms with E-state index in [1.54, 1.807) is 12.2 Å². The van der Waals surface area contributed by atoms with Gasteiger partial charge in [0.25, 0.3) is 0 Å². The summed E-state index contributed by atoms with van der Waals surface area (Å²) in [6.07, 6.45) is 61.6. The van der Waals surface area contributed by atoms with Gasteiger partial charge in [-0.1, -0.05) is 187 Å².